The molecule has 1 aromatic rings. The van der Waals surface area contributed by atoms with Gasteiger partial charge in [0.05, 0.1) is 6.61 Å². The molecule has 0 saturated heterocycles. The first-order chi connectivity index (χ1) is 8.88. The van der Waals surface area contributed by atoms with Crippen molar-refractivity contribution in [2.45, 2.75) is 45.6 Å². The van der Waals surface area contributed by atoms with Gasteiger partial charge in [0.15, 0.2) is 5.69 Å². The van der Waals surface area contributed by atoms with Crippen LogP contribution in [0.15, 0.2) is 4.79 Å². The highest BCUT2D eigenvalue weighted by Crippen LogP contribution is 2.31. The Hall–Kier alpha value is -1.85. The van der Waals surface area contributed by atoms with E-state index in [2.05, 4.69) is 4.98 Å². The summed E-state index contributed by atoms with van der Waals surface area (Å²) in [5.41, 5.74) is -1.15. The van der Waals surface area contributed by atoms with E-state index in [1.54, 1.807) is 6.92 Å². The molecule has 19 heavy (non-hydrogen) atoms. The van der Waals surface area contributed by atoms with Crippen LogP contribution < -0.4 is 5.56 Å². The number of carbonyl (C=O) groups is 1. The molecular formula is C13H18N2O4. The molecule has 0 aliphatic carbocycles. The number of esters is 1. The van der Waals surface area contributed by atoms with Crippen molar-refractivity contribution in [1.82, 2.24) is 9.55 Å². The smallest absolute Gasteiger partial charge is 0.361 e. The summed E-state index contributed by atoms with van der Waals surface area (Å²) in [7, 11) is 0. The Morgan fingerprint density at radius 1 is 1.53 bits per heavy atom. The molecule has 2 rings (SSSR count). The number of aromatic nitrogens is 2. The number of fused-ring (bicyclic) bond motifs is 1. The minimum absolute atomic E-state index is 0.168. The van der Waals surface area contributed by atoms with E-state index < -0.39 is 17.3 Å². The van der Waals surface area contributed by atoms with E-state index in [1.165, 1.54) is 4.57 Å². The van der Waals surface area contributed by atoms with Gasteiger partial charge < -0.3 is 9.84 Å². The largest absolute Gasteiger partial charge is 0.501 e. The van der Waals surface area contributed by atoms with Crippen molar-refractivity contribution in [3.63, 3.8) is 0 Å². The van der Waals surface area contributed by atoms with Gasteiger partial charge in [-0.3, -0.25) is 9.36 Å². The molecule has 6 nitrogen and oxygen atoms in total. The summed E-state index contributed by atoms with van der Waals surface area (Å²) in [4.78, 5) is 28.0. The molecule has 1 aromatic heterocycles. The molecule has 0 amide bonds. The molecule has 0 unspecified atom stereocenters. The zero-order chi connectivity index (χ0) is 14.2. The third kappa shape index (κ3) is 2.22. The van der Waals surface area contributed by atoms with Crippen molar-refractivity contribution in [3.05, 3.63) is 21.9 Å². The molecule has 0 fully saturated rings. The van der Waals surface area contributed by atoms with Crippen molar-refractivity contribution in [2.75, 3.05) is 6.61 Å². The Labute approximate surface area is 111 Å². The average Bonchev–Trinajstić information content (AvgIpc) is 2.34. The molecule has 0 spiro atoms. The molecule has 0 atom stereocenters. The van der Waals surface area contributed by atoms with E-state index in [4.69, 9.17) is 4.74 Å². The summed E-state index contributed by atoms with van der Waals surface area (Å²) < 4.78 is 6.26. The summed E-state index contributed by atoms with van der Waals surface area (Å²) >= 11 is 0. The minimum atomic E-state index is -0.762. The van der Waals surface area contributed by atoms with Gasteiger partial charge >= 0.3 is 5.97 Å². The van der Waals surface area contributed by atoms with Crippen LogP contribution >= 0.6 is 0 Å². The molecule has 104 valence electrons. The fourth-order valence-electron chi connectivity index (χ4n) is 2.40. The lowest BCUT2D eigenvalue weighted by molar-refractivity contribution is 0.0513. The summed E-state index contributed by atoms with van der Waals surface area (Å²) in [5, 5.41) is 9.82. The fourth-order valence-corrected chi connectivity index (χ4v) is 2.40. The fraction of sp³-hybridized carbons (Fsp3) is 0.615. The first-order valence-corrected chi connectivity index (χ1v) is 6.40. The number of rotatable bonds is 2. The Balaban J connectivity index is 2.64. The summed E-state index contributed by atoms with van der Waals surface area (Å²) in [5.74, 6) is -0.855. The minimum Gasteiger partial charge on any atom is -0.501 e. The van der Waals surface area contributed by atoms with E-state index in [0.717, 1.165) is 12.8 Å². The number of hydrogen-bond acceptors (Lipinski definition) is 5. The molecule has 0 saturated carbocycles. The van der Waals surface area contributed by atoms with Crippen LogP contribution in [0.2, 0.25) is 0 Å². The monoisotopic (exact) mass is 266 g/mol. The first kappa shape index (κ1) is 13.6. The topological polar surface area (TPSA) is 81.4 Å². The van der Waals surface area contributed by atoms with Crippen molar-refractivity contribution < 1.29 is 14.6 Å². The maximum Gasteiger partial charge on any atom is 0.361 e. The molecule has 1 aliphatic rings. The average molecular weight is 266 g/mol. The molecule has 0 bridgehead atoms. The predicted molar refractivity (Wildman–Crippen MR) is 68.4 cm³/mol. The van der Waals surface area contributed by atoms with Gasteiger partial charge in [-0.05, 0) is 19.8 Å². The number of nitrogens with zero attached hydrogens (tertiary/aromatic N) is 2. The highest BCUT2D eigenvalue weighted by Gasteiger charge is 2.33. The van der Waals surface area contributed by atoms with Gasteiger partial charge in [-0.2, -0.15) is 0 Å². The van der Waals surface area contributed by atoms with Crippen LogP contribution in [-0.4, -0.2) is 27.2 Å². The lowest BCUT2D eigenvalue weighted by Crippen LogP contribution is -2.38. The third-order valence-corrected chi connectivity index (χ3v) is 3.40. The maximum atomic E-state index is 12.1. The van der Waals surface area contributed by atoms with Gasteiger partial charge in [0, 0.05) is 12.0 Å². The SMILES string of the molecule is CCOC(=O)c1nc2n(c(=O)c1O)CCCC2(C)C. The van der Waals surface area contributed by atoms with Crippen LogP contribution in [0.3, 0.4) is 0 Å². The number of carbonyl (C=O) groups excluding carboxylic acids is 1. The van der Waals surface area contributed by atoms with Crippen LogP contribution in [-0.2, 0) is 16.7 Å². The van der Waals surface area contributed by atoms with Gasteiger partial charge in [0.25, 0.3) is 5.56 Å². The quantitative estimate of drug-likeness (QED) is 0.813. The molecule has 0 radical (unpaired) electrons. The third-order valence-electron chi connectivity index (χ3n) is 3.40. The second kappa shape index (κ2) is 4.68. The van der Waals surface area contributed by atoms with Crippen molar-refractivity contribution >= 4 is 5.97 Å². The number of ether oxygens (including phenoxy) is 1. The van der Waals surface area contributed by atoms with E-state index in [9.17, 15) is 14.7 Å². The molecular weight excluding hydrogens is 248 g/mol. The highest BCUT2D eigenvalue weighted by atomic mass is 16.5. The van der Waals surface area contributed by atoms with Gasteiger partial charge in [0.2, 0.25) is 5.75 Å². The normalized spacial score (nSPS) is 16.8. The van der Waals surface area contributed by atoms with E-state index in [-0.39, 0.29) is 17.7 Å². The van der Waals surface area contributed by atoms with Crippen molar-refractivity contribution in [1.29, 1.82) is 0 Å². The van der Waals surface area contributed by atoms with Crippen LogP contribution in [0.25, 0.3) is 0 Å². The Morgan fingerprint density at radius 3 is 2.84 bits per heavy atom. The molecule has 1 aliphatic heterocycles. The lowest BCUT2D eigenvalue weighted by Gasteiger charge is -2.32. The Bertz CT molecular complexity index is 575. The number of aromatic hydroxyl groups is 1. The predicted octanol–water partition coefficient (Wildman–Crippen LogP) is 1.20. The summed E-state index contributed by atoms with van der Waals surface area (Å²) in [6.45, 7) is 6.28. The van der Waals surface area contributed by atoms with Crippen LogP contribution in [0, 0.1) is 0 Å². The van der Waals surface area contributed by atoms with Crippen LogP contribution in [0.5, 0.6) is 5.75 Å². The van der Waals surface area contributed by atoms with Crippen LogP contribution in [0.4, 0.5) is 0 Å². The van der Waals surface area contributed by atoms with Crippen molar-refractivity contribution in [3.8, 4) is 5.75 Å². The van der Waals surface area contributed by atoms with Gasteiger partial charge in [0.1, 0.15) is 5.82 Å². The van der Waals surface area contributed by atoms with Crippen LogP contribution in [0.1, 0.15) is 49.9 Å². The lowest BCUT2D eigenvalue weighted by atomic mass is 9.84. The van der Waals surface area contributed by atoms with Crippen molar-refractivity contribution in [2.24, 2.45) is 0 Å². The molecule has 2 heterocycles. The zero-order valence-corrected chi connectivity index (χ0v) is 11.4. The second-order valence-electron chi connectivity index (χ2n) is 5.30. The zero-order valence-electron chi connectivity index (χ0n) is 11.4. The van der Waals surface area contributed by atoms with E-state index in [0.29, 0.717) is 12.4 Å². The standard InChI is InChI=1S/C13H18N2O4/c1-4-19-11(18)8-9(16)10(17)15-7-5-6-13(2,3)12(15)14-8/h16H,4-7H2,1-3H3. The molecule has 0 aromatic carbocycles. The summed E-state index contributed by atoms with van der Waals surface area (Å²) in [6, 6.07) is 0. The molecule has 6 heteroatoms. The molecule has 1 N–H and O–H groups in total. The van der Waals surface area contributed by atoms with Gasteiger partial charge in [-0.1, -0.05) is 13.8 Å². The maximum absolute atomic E-state index is 12.1. The summed E-state index contributed by atoms with van der Waals surface area (Å²) in [6.07, 6.45) is 1.73. The van der Waals surface area contributed by atoms with Gasteiger partial charge in [-0.15, -0.1) is 0 Å². The first-order valence-electron chi connectivity index (χ1n) is 6.40. The Morgan fingerprint density at radius 2 is 2.21 bits per heavy atom. The highest BCUT2D eigenvalue weighted by molar-refractivity contribution is 5.90. The van der Waals surface area contributed by atoms with Gasteiger partial charge in [-0.25, -0.2) is 9.78 Å². The van der Waals surface area contributed by atoms with E-state index >= 15 is 0 Å². The second-order valence-corrected chi connectivity index (χ2v) is 5.30. The number of hydrogen-bond donors (Lipinski definition) is 1. The van der Waals surface area contributed by atoms with E-state index in [1.807, 2.05) is 13.8 Å². The Kier molecular flexibility index (Phi) is 3.34.